The fourth-order valence-corrected chi connectivity index (χ4v) is 4.96. The minimum absolute atomic E-state index is 0.0653. The lowest BCUT2D eigenvalue weighted by Gasteiger charge is -2.37. The summed E-state index contributed by atoms with van der Waals surface area (Å²) >= 11 is 6.20. The highest BCUT2D eigenvalue weighted by molar-refractivity contribution is 6.31. The van der Waals surface area contributed by atoms with Crippen LogP contribution in [-0.2, 0) is 6.54 Å². The topological polar surface area (TPSA) is 88.7 Å². The van der Waals surface area contributed by atoms with E-state index in [0.717, 1.165) is 25.9 Å². The Kier molecular flexibility index (Phi) is 10.1. The van der Waals surface area contributed by atoms with Crippen LogP contribution in [0.4, 0.5) is 33.7 Å². The Morgan fingerprint density at radius 3 is 2.42 bits per heavy atom. The number of amides is 3. The maximum absolute atomic E-state index is 14.9. The summed E-state index contributed by atoms with van der Waals surface area (Å²) in [5, 5.41) is 12.0. The van der Waals surface area contributed by atoms with Gasteiger partial charge in [-0.2, -0.15) is 13.2 Å². The molecule has 8 nitrogen and oxygen atoms in total. The van der Waals surface area contributed by atoms with Crippen LogP contribution in [0.15, 0.2) is 36.4 Å². The quantitative estimate of drug-likeness (QED) is 0.347. The van der Waals surface area contributed by atoms with E-state index in [0.29, 0.717) is 48.1 Å². The Hall–Kier alpha value is -3.09. The minimum Gasteiger partial charge on any atom is -0.367 e. The molecule has 2 aliphatic rings. The van der Waals surface area contributed by atoms with Gasteiger partial charge in [0.2, 0.25) is 0 Å². The van der Waals surface area contributed by atoms with Crippen molar-refractivity contribution in [2.24, 2.45) is 0 Å². The molecule has 40 heavy (non-hydrogen) atoms. The lowest BCUT2D eigenvalue weighted by molar-refractivity contribution is -0.138. The van der Waals surface area contributed by atoms with Gasteiger partial charge in [-0.1, -0.05) is 17.7 Å². The third-order valence-electron chi connectivity index (χ3n) is 7.04. The molecular weight excluding hydrogens is 552 g/mol. The first-order chi connectivity index (χ1) is 19.1. The van der Waals surface area contributed by atoms with Gasteiger partial charge in [-0.15, -0.1) is 0 Å². The molecule has 0 spiro atoms. The Morgan fingerprint density at radius 1 is 1.02 bits per heavy atom. The number of nitrogens with one attached hydrogen (secondary N) is 4. The van der Waals surface area contributed by atoms with E-state index < -0.39 is 24.3 Å². The van der Waals surface area contributed by atoms with Crippen LogP contribution in [0.1, 0.15) is 35.2 Å². The van der Waals surface area contributed by atoms with Crippen LogP contribution in [-0.4, -0.2) is 74.9 Å². The lowest BCUT2D eigenvalue weighted by atomic mass is 10.1. The summed E-state index contributed by atoms with van der Waals surface area (Å²) in [4.78, 5) is 28.8. The molecule has 0 aromatic heterocycles. The number of piperazine rings is 1. The average molecular weight is 585 g/mol. The summed E-state index contributed by atoms with van der Waals surface area (Å²) in [7, 11) is 0. The van der Waals surface area contributed by atoms with Gasteiger partial charge in [-0.25, -0.2) is 9.18 Å². The number of piperidine rings is 1. The maximum atomic E-state index is 14.9. The maximum Gasteiger partial charge on any atom is 0.390 e. The van der Waals surface area contributed by atoms with Crippen molar-refractivity contribution in [3.63, 3.8) is 0 Å². The molecule has 0 aliphatic carbocycles. The number of rotatable bonds is 8. The molecule has 2 saturated heterocycles. The third-order valence-corrected chi connectivity index (χ3v) is 7.27. The molecule has 2 aromatic rings. The van der Waals surface area contributed by atoms with Crippen molar-refractivity contribution >= 4 is 34.9 Å². The van der Waals surface area contributed by atoms with E-state index >= 15 is 0 Å². The number of carbonyl (C=O) groups excluding carboxylic acids is 2. The molecule has 0 saturated carbocycles. The number of carbonyl (C=O) groups is 2. The van der Waals surface area contributed by atoms with Crippen molar-refractivity contribution in [3.8, 4) is 0 Å². The minimum atomic E-state index is -4.20. The first-order valence-electron chi connectivity index (χ1n) is 13.3. The Morgan fingerprint density at radius 2 is 1.75 bits per heavy atom. The van der Waals surface area contributed by atoms with Crippen LogP contribution in [0.2, 0.25) is 5.02 Å². The van der Waals surface area contributed by atoms with Crippen LogP contribution in [0.25, 0.3) is 0 Å². The third kappa shape index (κ3) is 8.70. The molecule has 0 atom stereocenters. The molecular formula is C27H33ClF4N6O2. The molecule has 13 heteroatoms. The van der Waals surface area contributed by atoms with Gasteiger partial charge in [-0.3, -0.25) is 9.69 Å². The molecule has 4 N–H and O–H groups in total. The zero-order valence-corrected chi connectivity index (χ0v) is 22.7. The van der Waals surface area contributed by atoms with Gasteiger partial charge < -0.3 is 26.2 Å². The van der Waals surface area contributed by atoms with E-state index in [1.165, 1.54) is 12.1 Å². The number of nitrogens with zero attached hydrogens (tertiary/aromatic N) is 2. The molecule has 3 amide bonds. The molecule has 0 bridgehead atoms. The molecule has 2 heterocycles. The molecule has 2 aromatic carbocycles. The van der Waals surface area contributed by atoms with Crippen LogP contribution in [0.5, 0.6) is 0 Å². The second kappa shape index (κ2) is 13.5. The van der Waals surface area contributed by atoms with E-state index in [-0.39, 0.29) is 30.7 Å². The number of urea groups is 1. The van der Waals surface area contributed by atoms with E-state index in [1.807, 2.05) is 4.90 Å². The fraction of sp³-hybridized carbons (Fsp3) is 0.481. The molecule has 2 fully saturated rings. The van der Waals surface area contributed by atoms with Crippen molar-refractivity contribution in [1.82, 2.24) is 20.9 Å². The molecule has 2 aliphatic heterocycles. The summed E-state index contributed by atoms with van der Waals surface area (Å²) in [6.45, 7) is 3.48. The summed E-state index contributed by atoms with van der Waals surface area (Å²) in [6, 6.07) is 8.80. The van der Waals surface area contributed by atoms with Gasteiger partial charge in [0, 0.05) is 50.3 Å². The molecule has 4 rings (SSSR count). The highest BCUT2D eigenvalue weighted by atomic mass is 35.5. The van der Waals surface area contributed by atoms with Crippen LogP contribution < -0.4 is 26.2 Å². The summed E-state index contributed by atoms with van der Waals surface area (Å²) in [5.74, 6) is -1.39. The standard InChI is InChI=1S/C27H33ClF4N6O2/c28-19-2-4-23(24(16-19)38-13-11-37(12-14-38)10-7-27(30,31)32)36-25(39)21-3-1-18(15-22(21)29)17-34-26(40)35-20-5-8-33-9-6-20/h1-4,15-16,20,33H,5-14,17H2,(H,36,39)(H2,34,35,40). The van der Waals surface area contributed by atoms with Gasteiger partial charge in [0.15, 0.2) is 0 Å². The molecule has 218 valence electrons. The van der Waals surface area contributed by atoms with E-state index in [4.69, 9.17) is 11.6 Å². The van der Waals surface area contributed by atoms with Crippen molar-refractivity contribution in [1.29, 1.82) is 0 Å². The predicted octanol–water partition coefficient (Wildman–Crippen LogP) is 4.36. The number of hydrogen-bond acceptors (Lipinski definition) is 5. The molecule has 0 radical (unpaired) electrons. The zero-order chi connectivity index (χ0) is 28.7. The van der Waals surface area contributed by atoms with Crippen molar-refractivity contribution in [2.75, 3.05) is 56.0 Å². The highest BCUT2D eigenvalue weighted by Crippen LogP contribution is 2.31. The van der Waals surface area contributed by atoms with Crippen molar-refractivity contribution in [3.05, 3.63) is 58.4 Å². The number of hydrogen-bond donors (Lipinski definition) is 4. The largest absolute Gasteiger partial charge is 0.390 e. The van der Waals surface area contributed by atoms with Crippen molar-refractivity contribution in [2.45, 2.75) is 38.0 Å². The number of benzene rings is 2. The van der Waals surface area contributed by atoms with E-state index in [2.05, 4.69) is 21.3 Å². The average Bonchev–Trinajstić information content (AvgIpc) is 2.92. The second-order valence-corrected chi connectivity index (χ2v) is 10.4. The Balaban J connectivity index is 1.34. The van der Waals surface area contributed by atoms with Crippen LogP contribution >= 0.6 is 11.6 Å². The summed E-state index contributed by atoms with van der Waals surface area (Å²) in [5.41, 5.74) is 1.36. The highest BCUT2D eigenvalue weighted by Gasteiger charge is 2.29. The smallest absolute Gasteiger partial charge is 0.367 e. The van der Waals surface area contributed by atoms with Crippen LogP contribution in [0, 0.1) is 5.82 Å². The SMILES string of the molecule is O=C(NCc1ccc(C(=O)Nc2ccc(Cl)cc2N2CCN(CCC(F)(F)F)CC2)c(F)c1)NC1CCNCC1. The number of alkyl halides is 3. The summed E-state index contributed by atoms with van der Waals surface area (Å²) in [6.07, 6.45) is -3.37. The van der Waals surface area contributed by atoms with Gasteiger partial charge in [0.25, 0.3) is 5.91 Å². The first-order valence-corrected chi connectivity index (χ1v) is 13.6. The number of halogens is 5. The Bertz CT molecular complexity index is 1180. The number of anilines is 2. The van der Waals surface area contributed by atoms with Crippen molar-refractivity contribution < 1.29 is 27.2 Å². The zero-order valence-electron chi connectivity index (χ0n) is 21.9. The van der Waals surface area contributed by atoms with E-state index in [9.17, 15) is 27.2 Å². The first kappa shape index (κ1) is 29.9. The fourth-order valence-electron chi connectivity index (χ4n) is 4.80. The summed E-state index contributed by atoms with van der Waals surface area (Å²) < 4.78 is 52.6. The Labute approximate surface area is 235 Å². The predicted molar refractivity (Wildman–Crippen MR) is 146 cm³/mol. The van der Waals surface area contributed by atoms with E-state index in [1.54, 1.807) is 29.2 Å². The van der Waals surface area contributed by atoms with Gasteiger partial charge >= 0.3 is 12.2 Å². The monoisotopic (exact) mass is 584 g/mol. The molecule has 0 unspecified atom stereocenters. The van der Waals surface area contributed by atoms with Crippen LogP contribution in [0.3, 0.4) is 0 Å². The van der Waals surface area contributed by atoms with Gasteiger partial charge in [-0.05, 0) is 61.8 Å². The normalized spacial score (nSPS) is 17.0. The second-order valence-electron chi connectivity index (χ2n) is 9.97. The van der Waals surface area contributed by atoms with Gasteiger partial charge in [0.1, 0.15) is 5.82 Å². The lowest BCUT2D eigenvalue weighted by Crippen LogP contribution is -2.47. The van der Waals surface area contributed by atoms with Gasteiger partial charge in [0.05, 0.1) is 23.4 Å².